The molecule has 0 bridgehead atoms. The number of hydrogen-bond donors (Lipinski definition) is 1. The maximum Gasteiger partial charge on any atom is 0.335 e. The third kappa shape index (κ3) is 2.67. The molecule has 1 heterocycles. The van der Waals surface area contributed by atoms with Crippen molar-refractivity contribution in [1.82, 2.24) is 9.78 Å². The predicted octanol–water partition coefficient (Wildman–Crippen LogP) is 3.28. The summed E-state index contributed by atoms with van der Waals surface area (Å²) < 4.78 is 1.88. The van der Waals surface area contributed by atoms with Crippen LogP contribution >= 0.6 is 0 Å². The molecule has 2 rings (SSSR count). The summed E-state index contributed by atoms with van der Waals surface area (Å²) in [6.07, 6.45) is 4.78. The van der Waals surface area contributed by atoms with Gasteiger partial charge >= 0.3 is 5.97 Å². The SMILES string of the molecule is CCCn1cc(-c2cc(C(=O)O)c(C)cc2C)cn1. The van der Waals surface area contributed by atoms with Crippen LogP contribution in [0, 0.1) is 13.8 Å². The fourth-order valence-electron chi connectivity index (χ4n) is 2.25. The summed E-state index contributed by atoms with van der Waals surface area (Å²) in [6.45, 7) is 6.78. The van der Waals surface area contributed by atoms with E-state index in [0.29, 0.717) is 5.56 Å². The van der Waals surface area contributed by atoms with Gasteiger partial charge in [0.25, 0.3) is 0 Å². The van der Waals surface area contributed by atoms with Crippen molar-refractivity contribution in [2.24, 2.45) is 0 Å². The Morgan fingerprint density at radius 1 is 1.32 bits per heavy atom. The normalized spacial score (nSPS) is 10.7. The highest BCUT2D eigenvalue weighted by molar-refractivity contribution is 5.91. The van der Waals surface area contributed by atoms with Crippen LogP contribution in [0.3, 0.4) is 0 Å². The fraction of sp³-hybridized carbons (Fsp3) is 0.333. The number of aromatic nitrogens is 2. The van der Waals surface area contributed by atoms with Crippen LogP contribution in [-0.2, 0) is 6.54 Å². The molecule has 100 valence electrons. The topological polar surface area (TPSA) is 55.1 Å². The van der Waals surface area contributed by atoms with Crippen LogP contribution in [0.5, 0.6) is 0 Å². The van der Waals surface area contributed by atoms with Gasteiger partial charge in [-0.1, -0.05) is 13.0 Å². The molecule has 0 aliphatic carbocycles. The molecule has 0 saturated heterocycles. The number of hydrogen-bond acceptors (Lipinski definition) is 2. The summed E-state index contributed by atoms with van der Waals surface area (Å²) in [4.78, 5) is 11.2. The molecular weight excluding hydrogens is 240 g/mol. The van der Waals surface area contributed by atoms with Crippen molar-refractivity contribution >= 4 is 5.97 Å². The molecule has 0 spiro atoms. The first-order valence-corrected chi connectivity index (χ1v) is 6.40. The minimum absolute atomic E-state index is 0.351. The third-order valence-corrected chi connectivity index (χ3v) is 3.20. The molecule has 0 atom stereocenters. The number of carboxylic acids is 1. The van der Waals surface area contributed by atoms with E-state index in [1.807, 2.05) is 30.8 Å². The van der Waals surface area contributed by atoms with E-state index in [9.17, 15) is 9.90 Å². The fourth-order valence-corrected chi connectivity index (χ4v) is 2.25. The van der Waals surface area contributed by atoms with E-state index >= 15 is 0 Å². The molecule has 0 saturated carbocycles. The number of benzene rings is 1. The van der Waals surface area contributed by atoms with Gasteiger partial charge in [0.1, 0.15) is 0 Å². The number of aryl methyl sites for hydroxylation is 3. The summed E-state index contributed by atoms with van der Waals surface area (Å²) >= 11 is 0. The van der Waals surface area contributed by atoms with Crippen LogP contribution < -0.4 is 0 Å². The Kier molecular flexibility index (Phi) is 3.69. The highest BCUT2D eigenvalue weighted by atomic mass is 16.4. The standard InChI is InChI=1S/C15H18N2O2/c1-4-5-17-9-12(8-16-17)13-7-14(15(18)19)11(3)6-10(13)2/h6-9H,4-5H2,1-3H3,(H,18,19). The zero-order valence-corrected chi connectivity index (χ0v) is 11.5. The lowest BCUT2D eigenvalue weighted by Crippen LogP contribution is -2.01. The number of carboxylic acid groups (broad SMARTS) is 1. The van der Waals surface area contributed by atoms with Crippen LogP contribution in [0.15, 0.2) is 24.5 Å². The minimum atomic E-state index is -0.889. The highest BCUT2D eigenvalue weighted by Gasteiger charge is 2.12. The summed E-state index contributed by atoms with van der Waals surface area (Å²) in [5, 5.41) is 13.5. The first-order chi connectivity index (χ1) is 9.02. The van der Waals surface area contributed by atoms with Crippen molar-refractivity contribution < 1.29 is 9.90 Å². The summed E-state index contributed by atoms with van der Waals surface area (Å²) in [7, 11) is 0. The van der Waals surface area contributed by atoms with E-state index in [0.717, 1.165) is 35.2 Å². The van der Waals surface area contributed by atoms with E-state index in [1.165, 1.54) is 0 Å². The zero-order chi connectivity index (χ0) is 14.0. The molecule has 0 unspecified atom stereocenters. The summed E-state index contributed by atoms with van der Waals surface area (Å²) in [5.74, 6) is -0.889. The van der Waals surface area contributed by atoms with Crippen LogP contribution in [0.25, 0.3) is 11.1 Å². The first kappa shape index (κ1) is 13.3. The van der Waals surface area contributed by atoms with Crippen LogP contribution in [0.4, 0.5) is 0 Å². The number of nitrogens with zero attached hydrogens (tertiary/aromatic N) is 2. The maximum absolute atomic E-state index is 11.2. The second kappa shape index (κ2) is 5.26. The number of rotatable bonds is 4. The molecule has 2 aromatic rings. The molecule has 19 heavy (non-hydrogen) atoms. The molecule has 1 aromatic heterocycles. The van der Waals surface area contributed by atoms with Gasteiger partial charge in [0, 0.05) is 18.3 Å². The highest BCUT2D eigenvalue weighted by Crippen LogP contribution is 2.26. The smallest absolute Gasteiger partial charge is 0.335 e. The molecule has 0 amide bonds. The average molecular weight is 258 g/mol. The number of carbonyl (C=O) groups is 1. The molecule has 0 aliphatic rings. The molecule has 0 radical (unpaired) electrons. The van der Waals surface area contributed by atoms with Crippen LogP contribution in [-0.4, -0.2) is 20.9 Å². The van der Waals surface area contributed by atoms with E-state index in [-0.39, 0.29) is 0 Å². The van der Waals surface area contributed by atoms with Crippen molar-refractivity contribution in [3.63, 3.8) is 0 Å². The van der Waals surface area contributed by atoms with Crippen molar-refractivity contribution in [2.75, 3.05) is 0 Å². The van der Waals surface area contributed by atoms with Crippen molar-refractivity contribution in [3.8, 4) is 11.1 Å². The van der Waals surface area contributed by atoms with Crippen molar-refractivity contribution in [1.29, 1.82) is 0 Å². The molecule has 1 N–H and O–H groups in total. The minimum Gasteiger partial charge on any atom is -0.478 e. The van der Waals surface area contributed by atoms with Crippen LogP contribution in [0.1, 0.15) is 34.8 Å². The average Bonchev–Trinajstić information content (AvgIpc) is 2.77. The predicted molar refractivity (Wildman–Crippen MR) is 74.4 cm³/mol. The van der Waals surface area contributed by atoms with Gasteiger partial charge in [0.2, 0.25) is 0 Å². The Hall–Kier alpha value is -2.10. The molecule has 0 aliphatic heterocycles. The molecular formula is C15H18N2O2. The van der Waals surface area contributed by atoms with Gasteiger partial charge in [0.15, 0.2) is 0 Å². The zero-order valence-electron chi connectivity index (χ0n) is 11.5. The third-order valence-electron chi connectivity index (χ3n) is 3.20. The summed E-state index contributed by atoms with van der Waals surface area (Å²) in [6, 6.07) is 3.65. The lowest BCUT2D eigenvalue weighted by atomic mass is 9.97. The monoisotopic (exact) mass is 258 g/mol. The van der Waals surface area contributed by atoms with Gasteiger partial charge in [-0.3, -0.25) is 4.68 Å². The van der Waals surface area contributed by atoms with Crippen LogP contribution in [0.2, 0.25) is 0 Å². The van der Waals surface area contributed by atoms with E-state index < -0.39 is 5.97 Å². The molecule has 0 fully saturated rings. The molecule has 4 heteroatoms. The van der Waals surface area contributed by atoms with Gasteiger partial charge in [-0.05, 0) is 43.0 Å². The van der Waals surface area contributed by atoms with Gasteiger partial charge in [0.05, 0.1) is 11.8 Å². The van der Waals surface area contributed by atoms with Gasteiger partial charge in [-0.2, -0.15) is 5.10 Å². The summed E-state index contributed by atoms with van der Waals surface area (Å²) in [5.41, 5.74) is 4.11. The Balaban J connectivity index is 2.48. The molecule has 1 aromatic carbocycles. The Morgan fingerprint density at radius 3 is 2.68 bits per heavy atom. The van der Waals surface area contributed by atoms with E-state index in [2.05, 4.69) is 12.0 Å². The quantitative estimate of drug-likeness (QED) is 0.915. The van der Waals surface area contributed by atoms with Gasteiger partial charge < -0.3 is 5.11 Å². The second-order valence-electron chi connectivity index (χ2n) is 4.78. The Labute approximate surface area is 112 Å². The van der Waals surface area contributed by atoms with E-state index in [4.69, 9.17) is 0 Å². The molecule has 4 nitrogen and oxygen atoms in total. The van der Waals surface area contributed by atoms with E-state index in [1.54, 1.807) is 12.3 Å². The van der Waals surface area contributed by atoms with Crippen molar-refractivity contribution in [2.45, 2.75) is 33.7 Å². The lowest BCUT2D eigenvalue weighted by molar-refractivity contribution is 0.0696. The largest absolute Gasteiger partial charge is 0.478 e. The van der Waals surface area contributed by atoms with Crippen molar-refractivity contribution in [3.05, 3.63) is 41.2 Å². The first-order valence-electron chi connectivity index (χ1n) is 6.40. The lowest BCUT2D eigenvalue weighted by Gasteiger charge is -2.08. The van der Waals surface area contributed by atoms with Gasteiger partial charge in [-0.25, -0.2) is 4.79 Å². The Morgan fingerprint density at radius 2 is 2.05 bits per heavy atom. The maximum atomic E-state index is 11.2. The second-order valence-corrected chi connectivity index (χ2v) is 4.78. The van der Waals surface area contributed by atoms with Gasteiger partial charge in [-0.15, -0.1) is 0 Å². The number of aromatic carboxylic acids is 1. The Bertz CT molecular complexity index is 615.